The molecule has 0 unspecified atom stereocenters. The van der Waals surface area contributed by atoms with E-state index in [9.17, 15) is 0 Å². The molecule has 9 heteroatoms. The van der Waals surface area contributed by atoms with E-state index in [1.807, 2.05) is 0 Å². The van der Waals surface area contributed by atoms with Gasteiger partial charge in [-0.05, 0) is 0 Å². The van der Waals surface area contributed by atoms with Crippen molar-refractivity contribution in [3.8, 4) is 0 Å². The molecule has 0 atom stereocenters. The third kappa shape index (κ3) is 74.5. The fourth-order valence-corrected chi connectivity index (χ4v) is 0. The summed E-state index contributed by atoms with van der Waals surface area (Å²) in [6.07, 6.45) is 0. The fraction of sp³-hybridized carbons (Fsp3) is 0. The topological polar surface area (TPSA) is 0 Å². The molecule has 9 heavy (non-hydrogen) atoms. The molecule has 0 radical (unpaired) electrons. The summed E-state index contributed by atoms with van der Waals surface area (Å²) in [7, 11) is 0. The van der Waals surface area contributed by atoms with Gasteiger partial charge in [0.05, 0.1) is 0 Å². The van der Waals surface area contributed by atoms with Crippen molar-refractivity contribution in [2.75, 3.05) is 0 Å². The van der Waals surface area contributed by atoms with Crippen LogP contribution in [0.4, 0.5) is 0 Å². The summed E-state index contributed by atoms with van der Waals surface area (Å²) in [4.78, 5) is 0. The van der Waals surface area contributed by atoms with Gasteiger partial charge in [0, 0.05) is 0 Å². The zero-order valence-corrected chi connectivity index (χ0v) is 14.6. The summed E-state index contributed by atoms with van der Waals surface area (Å²) < 4.78 is 0. The molecule has 0 spiro atoms. The summed E-state index contributed by atoms with van der Waals surface area (Å²) in [5.41, 5.74) is 0. The Bertz CT molecular complexity index is 14.4. The van der Waals surface area contributed by atoms with Crippen LogP contribution in [0.5, 0.6) is 0 Å². The molecule has 0 rings (SSSR count). The Labute approximate surface area is 146 Å². The molecule has 0 aliphatic carbocycles. The Hall–Kier alpha value is 4.03. The maximum absolute atomic E-state index is 0. The molecule has 0 nitrogen and oxygen atoms in total. The van der Waals surface area contributed by atoms with Gasteiger partial charge in [-0.25, -0.2) is 0 Å². The van der Waals surface area contributed by atoms with Crippen LogP contribution in [-0.2, 0) is 0 Å². The molecule has 0 amide bonds. The van der Waals surface area contributed by atoms with Crippen molar-refractivity contribution in [2.45, 2.75) is 0 Å². The third-order valence-corrected chi connectivity index (χ3v) is 0. The second-order valence-corrected chi connectivity index (χ2v) is 0. The van der Waals surface area contributed by atoms with E-state index in [0.29, 0.717) is 0 Å². The van der Waals surface area contributed by atoms with Crippen LogP contribution in [0.25, 0.3) is 0 Å². The maximum atomic E-state index is 0. The molecule has 0 aromatic heterocycles. The first kappa shape index (κ1) is 116. The first-order chi connectivity index (χ1) is 0. The molecule has 0 saturated carbocycles. The van der Waals surface area contributed by atoms with Crippen LogP contribution in [0.1, 0.15) is 2.85 Å². The predicted octanol–water partition coefficient (Wildman–Crippen LogP) is -2.81. The average molecular weight is 303 g/mol. The van der Waals surface area contributed by atoms with Gasteiger partial charge in [0.2, 0.25) is 0 Å². The van der Waals surface area contributed by atoms with E-state index in [1.165, 1.54) is 0 Å². The largest absolute Gasteiger partial charge is 1.00 e. The summed E-state index contributed by atoms with van der Waals surface area (Å²) in [5.74, 6) is 0. The summed E-state index contributed by atoms with van der Waals surface area (Å²) in [5, 5.41) is 0. The average Bonchev–Trinajstić information content (AvgIpc) is 0. The van der Waals surface area contributed by atoms with Crippen LogP contribution in [0.3, 0.4) is 0 Å². The summed E-state index contributed by atoms with van der Waals surface area (Å²) in [6, 6.07) is 0. The van der Waals surface area contributed by atoms with Crippen molar-refractivity contribution in [3.63, 3.8) is 0 Å². The van der Waals surface area contributed by atoms with Crippen LogP contribution in [0.2, 0.25) is 0 Å². The Balaban J connectivity index is 0. The van der Waals surface area contributed by atoms with Crippen molar-refractivity contribution in [1.82, 2.24) is 0 Å². The Morgan fingerprint density at radius 1 is 0.333 bits per heavy atom. The summed E-state index contributed by atoms with van der Waals surface area (Å²) >= 11 is 0. The van der Waals surface area contributed by atoms with Crippen LogP contribution >= 0.6 is 86.8 Å². The van der Waals surface area contributed by atoms with E-state index in [1.54, 1.807) is 0 Å². The van der Waals surface area contributed by atoms with E-state index in [0.717, 1.165) is 0 Å². The minimum Gasteiger partial charge on any atom is -1.00 e. The zero-order chi connectivity index (χ0) is 0. The van der Waals surface area contributed by atoms with E-state index < -0.39 is 0 Å². The first-order valence-corrected chi connectivity index (χ1v) is 0. The van der Waals surface area contributed by atoms with Crippen molar-refractivity contribution in [3.05, 3.63) is 0 Å². The molecular formula is H9Cl7Na2. The molecule has 60 valence electrons. The standard InChI is InChI=1S/7ClH.2Na.2H/h7*1H;;;;/q;;;;;;;2*+1;2*-1. The number of hydrogen-bond donors (Lipinski definition) is 0. The molecule has 0 saturated heterocycles. The third-order valence-electron chi connectivity index (χ3n) is 0. The minimum atomic E-state index is 0. The first-order valence-electron chi connectivity index (χ1n) is 0. The van der Waals surface area contributed by atoms with E-state index >= 15 is 0 Å². The van der Waals surface area contributed by atoms with Gasteiger partial charge >= 0.3 is 59.1 Å². The Morgan fingerprint density at radius 2 is 0.333 bits per heavy atom. The zero-order valence-electron chi connectivity index (χ0n) is 6.86. The van der Waals surface area contributed by atoms with Crippen LogP contribution < -0.4 is 59.1 Å². The van der Waals surface area contributed by atoms with Gasteiger partial charge in [-0.2, -0.15) is 0 Å². The molecule has 0 bridgehead atoms. The molecule has 0 aromatic rings. The number of halogens is 7. The minimum absolute atomic E-state index is 0. The molecule has 0 aromatic carbocycles. The van der Waals surface area contributed by atoms with Gasteiger partial charge in [0.25, 0.3) is 0 Å². The number of hydrogen-bond acceptors (Lipinski definition) is 0. The summed E-state index contributed by atoms with van der Waals surface area (Å²) in [6.45, 7) is 0. The smallest absolute Gasteiger partial charge is 1.00 e. The quantitative estimate of drug-likeness (QED) is 0.424. The molecular weight excluding hydrogens is 294 g/mol. The van der Waals surface area contributed by atoms with Crippen molar-refractivity contribution in [1.29, 1.82) is 0 Å². The van der Waals surface area contributed by atoms with Gasteiger partial charge in [-0.15, -0.1) is 86.8 Å². The van der Waals surface area contributed by atoms with Crippen LogP contribution in [0.15, 0.2) is 0 Å². The molecule has 0 aliphatic rings. The van der Waals surface area contributed by atoms with Crippen LogP contribution in [0, 0.1) is 0 Å². The normalized spacial score (nSPS) is 0. The van der Waals surface area contributed by atoms with Gasteiger partial charge in [0.15, 0.2) is 0 Å². The number of rotatable bonds is 0. The molecule has 0 fully saturated rings. The van der Waals surface area contributed by atoms with Crippen molar-refractivity contribution in [2.24, 2.45) is 0 Å². The molecule has 0 N–H and O–H groups in total. The Morgan fingerprint density at radius 3 is 0.333 bits per heavy atom. The van der Waals surface area contributed by atoms with E-state index in [-0.39, 0.29) is 149 Å². The Kier molecular flexibility index (Phi) is 1160. The fourth-order valence-electron chi connectivity index (χ4n) is 0. The van der Waals surface area contributed by atoms with E-state index in [4.69, 9.17) is 0 Å². The van der Waals surface area contributed by atoms with Gasteiger partial charge in [-0.1, -0.05) is 0 Å². The van der Waals surface area contributed by atoms with Crippen molar-refractivity contribution >= 4 is 86.8 Å². The SMILES string of the molecule is Cl.Cl.Cl.Cl.Cl.Cl.Cl.[H-].[H-].[Na+].[Na+]. The predicted molar refractivity (Wildman–Crippen MR) is 53.0 cm³/mol. The second kappa shape index (κ2) is 90.1. The van der Waals surface area contributed by atoms with Crippen molar-refractivity contribution < 1.29 is 62.0 Å². The second-order valence-electron chi connectivity index (χ2n) is 0. The van der Waals surface area contributed by atoms with Gasteiger partial charge < -0.3 is 2.85 Å². The molecule has 0 aliphatic heterocycles. The van der Waals surface area contributed by atoms with Gasteiger partial charge in [0.1, 0.15) is 0 Å². The van der Waals surface area contributed by atoms with Crippen LogP contribution in [-0.4, -0.2) is 0 Å². The van der Waals surface area contributed by atoms with E-state index in [2.05, 4.69) is 0 Å². The van der Waals surface area contributed by atoms with Gasteiger partial charge in [-0.3, -0.25) is 0 Å². The maximum Gasteiger partial charge on any atom is 1.00 e. The molecule has 0 heterocycles. The monoisotopic (exact) mass is 300 g/mol.